The molecule has 1 heterocycles. The van der Waals surface area contributed by atoms with Crippen LogP contribution in [-0.2, 0) is 10.0 Å². The van der Waals surface area contributed by atoms with Gasteiger partial charge in [0.2, 0.25) is 10.0 Å². The smallest absolute Gasteiger partial charge is 0.243 e. The van der Waals surface area contributed by atoms with E-state index in [4.69, 9.17) is 0 Å². The van der Waals surface area contributed by atoms with Crippen LogP contribution >= 0.6 is 24.2 Å². The zero-order chi connectivity index (χ0) is 13.9. The van der Waals surface area contributed by atoms with Gasteiger partial charge in [0.15, 0.2) is 0 Å². The van der Waals surface area contributed by atoms with E-state index >= 15 is 0 Å². The minimum Gasteiger partial charge on any atom is -0.317 e. The third-order valence-electron chi connectivity index (χ3n) is 3.54. The Hall–Kier alpha value is -0.270. The Morgan fingerprint density at radius 2 is 1.95 bits per heavy atom. The SMILES string of the molecule is CSc1cccc(S(=O)(=O)N(C)C2CCNCC2)c1.Cl. The summed E-state index contributed by atoms with van der Waals surface area (Å²) in [6.45, 7) is 1.77. The van der Waals surface area contributed by atoms with Crippen LogP contribution in [0.3, 0.4) is 0 Å². The second-order valence-corrected chi connectivity index (χ2v) is 7.56. The minimum absolute atomic E-state index is 0. The molecule has 1 N–H and O–H groups in total. The van der Waals surface area contributed by atoms with E-state index in [0.29, 0.717) is 4.90 Å². The highest BCUT2D eigenvalue weighted by molar-refractivity contribution is 7.98. The molecule has 4 nitrogen and oxygen atoms in total. The quantitative estimate of drug-likeness (QED) is 0.856. The van der Waals surface area contributed by atoms with E-state index in [2.05, 4.69) is 5.32 Å². The first-order valence-electron chi connectivity index (χ1n) is 6.38. The second kappa shape index (κ2) is 7.66. The van der Waals surface area contributed by atoms with Gasteiger partial charge < -0.3 is 5.32 Å². The van der Waals surface area contributed by atoms with Gasteiger partial charge in [-0.2, -0.15) is 4.31 Å². The summed E-state index contributed by atoms with van der Waals surface area (Å²) in [4.78, 5) is 1.36. The monoisotopic (exact) mass is 336 g/mol. The molecule has 0 amide bonds. The second-order valence-electron chi connectivity index (χ2n) is 4.68. The Morgan fingerprint density at radius 1 is 1.30 bits per heavy atom. The maximum atomic E-state index is 12.6. The van der Waals surface area contributed by atoms with Gasteiger partial charge in [0, 0.05) is 18.0 Å². The van der Waals surface area contributed by atoms with Gasteiger partial charge >= 0.3 is 0 Å². The van der Waals surface area contributed by atoms with Crippen LogP contribution < -0.4 is 5.32 Å². The lowest BCUT2D eigenvalue weighted by atomic mass is 10.1. The van der Waals surface area contributed by atoms with Crippen LogP contribution in [0.4, 0.5) is 0 Å². The molecule has 0 unspecified atom stereocenters. The van der Waals surface area contributed by atoms with Crippen molar-refractivity contribution < 1.29 is 8.42 Å². The number of rotatable bonds is 4. The Balaban J connectivity index is 0.00000200. The fourth-order valence-corrected chi connectivity index (χ4v) is 4.29. The molecule has 1 aliphatic heterocycles. The van der Waals surface area contributed by atoms with Crippen molar-refractivity contribution >= 4 is 34.2 Å². The van der Waals surface area contributed by atoms with Crippen molar-refractivity contribution in [1.82, 2.24) is 9.62 Å². The third kappa shape index (κ3) is 3.89. The average Bonchev–Trinajstić information content (AvgIpc) is 2.47. The number of sulfonamides is 1. The van der Waals surface area contributed by atoms with Crippen molar-refractivity contribution in [3.63, 3.8) is 0 Å². The van der Waals surface area contributed by atoms with Crippen LogP contribution in [-0.4, -0.2) is 45.2 Å². The summed E-state index contributed by atoms with van der Waals surface area (Å²) in [5, 5.41) is 3.25. The lowest BCUT2D eigenvalue weighted by Crippen LogP contribution is -2.43. The maximum absolute atomic E-state index is 12.6. The first-order valence-corrected chi connectivity index (χ1v) is 9.05. The average molecular weight is 337 g/mol. The summed E-state index contributed by atoms with van der Waals surface area (Å²) in [6.07, 6.45) is 3.69. The van der Waals surface area contributed by atoms with Crippen molar-refractivity contribution in [2.24, 2.45) is 0 Å². The number of thioether (sulfide) groups is 1. The molecule has 0 saturated carbocycles. The summed E-state index contributed by atoms with van der Waals surface area (Å²) in [5.41, 5.74) is 0. The van der Waals surface area contributed by atoms with Gasteiger partial charge in [-0.05, 0) is 50.4 Å². The summed E-state index contributed by atoms with van der Waals surface area (Å²) in [6, 6.07) is 7.25. The maximum Gasteiger partial charge on any atom is 0.243 e. The summed E-state index contributed by atoms with van der Waals surface area (Å²) >= 11 is 1.55. The standard InChI is InChI=1S/C13H20N2O2S2.ClH/c1-15(11-6-8-14-9-7-11)19(16,17)13-5-3-4-12(10-13)18-2;/h3-5,10-11,14H,6-9H2,1-2H3;1H. The fourth-order valence-electron chi connectivity index (χ4n) is 2.29. The third-order valence-corrected chi connectivity index (χ3v) is 6.17. The van der Waals surface area contributed by atoms with Crippen LogP contribution in [0, 0.1) is 0 Å². The van der Waals surface area contributed by atoms with Gasteiger partial charge in [0.05, 0.1) is 4.90 Å². The number of piperidine rings is 1. The number of hydrogen-bond acceptors (Lipinski definition) is 4. The Bertz CT molecular complexity index is 531. The molecule has 0 aliphatic carbocycles. The lowest BCUT2D eigenvalue weighted by Gasteiger charge is -2.30. The predicted molar refractivity (Wildman–Crippen MR) is 86.3 cm³/mol. The summed E-state index contributed by atoms with van der Waals surface area (Å²) < 4.78 is 26.7. The molecule has 1 aliphatic rings. The fraction of sp³-hybridized carbons (Fsp3) is 0.538. The van der Waals surface area contributed by atoms with Crippen molar-refractivity contribution in [1.29, 1.82) is 0 Å². The topological polar surface area (TPSA) is 49.4 Å². The molecule has 20 heavy (non-hydrogen) atoms. The predicted octanol–water partition coefficient (Wildman–Crippen LogP) is 2.20. The van der Waals surface area contributed by atoms with Gasteiger partial charge in [-0.25, -0.2) is 8.42 Å². The van der Waals surface area contributed by atoms with Gasteiger partial charge in [-0.3, -0.25) is 0 Å². The first kappa shape index (κ1) is 17.8. The van der Waals surface area contributed by atoms with Gasteiger partial charge in [-0.15, -0.1) is 24.2 Å². The number of nitrogens with one attached hydrogen (secondary N) is 1. The molecule has 0 radical (unpaired) electrons. The molecular formula is C13H21ClN2O2S2. The largest absolute Gasteiger partial charge is 0.317 e. The minimum atomic E-state index is -3.38. The van der Waals surface area contributed by atoms with Crippen LogP contribution in [0.15, 0.2) is 34.1 Å². The Kier molecular flexibility index (Phi) is 6.81. The molecule has 0 aromatic heterocycles. The van der Waals surface area contributed by atoms with E-state index < -0.39 is 10.0 Å². The molecule has 1 fully saturated rings. The van der Waals surface area contributed by atoms with E-state index in [1.165, 1.54) is 4.31 Å². The number of hydrogen-bond donors (Lipinski definition) is 1. The van der Waals surface area contributed by atoms with Gasteiger partial charge in [0.1, 0.15) is 0 Å². The van der Waals surface area contributed by atoms with E-state index in [1.54, 1.807) is 37.0 Å². The number of benzene rings is 1. The number of nitrogens with zero attached hydrogens (tertiary/aromatic N) is 1. The van der Waals surface area contributed by atoms with Gasteiger partial charge in [-0.1, -0.05) is 6.07 Å². The highest BCUT2D eigenvalue weighted by Gasteiger charge is 2.28. The van der Waals surface area contributed by atoms with Gasteiger partial charge in [0.25, 0.3) is 0 Å². The van der Waals surface area contributed by atoms with E-state index in [0.717, 1.165) is 30.8 Å². The van der Waals surface area contributed by atoms with Crippen molar-refractivity contribution in [2.75, 3.05) is 26.4 Å². The number of halogens is 1. The molecule has 0 bridgehead atoms. The van der Waals surface area contributed by atoms with Crippen LogP contribution in [0.2, 0.25) is 0 Å². The molecule has 114 valence electrons. The Morgan fingerprint density at radius 3 is 2.55 bits per heavy atom. The highest BCUT2D eigenvalue weighted by Crippen LogP contribution is 2.24. The Labute approximate surface area is 131 Å². The van der Waals surface area contributed by atoms with Crippen molar-refractivity contribution in [3.8, 4) is 0 Å². The molecule has 1 saturated heterocycles. The zero-order valence-corrected chi connectivity index (χ0v) is 14.2. The highest BCUT2D eigenvalue weighted by atomic mass is 35.5. The molecule has 0 spiro atoms. The molecule has 0 atom stereocenters. The molecular weight excluding hydrogens is 316 g/mol. The van der Waals surface area contributed by atoms with E-state index in [1.807, 2.05) is 12.3 Å². The van der Waals surface area contributed by atoms with Crippen LogP contribution in [0.1, 0.15) is 12.8 Å². The first-order chi connectivity index (χ1) is 9.05. The summed E-state index contributed by atoms with van der Waals surface area (Å²) in [5.74, 6) is 0. The van der Waals surface area contributed by atoms with E-state index in [-0.39, 0.29) is 18.4 Å². The van der Waals surface area contributed by atoms with Crippen LogP contribution in [0.5, 0.6) is 0 Å². The normalized spacial score (nSPS) is 16.9. The summed E-state index contributed by atoms with van der Waals surface area (Å²) in [7, 11) is -1.69. The van der Waals surface area contributed by atoms with E-state index in [9.17, 15) is 8.42 Å². The van der Waals surface area contributed by atoms with Crippen molar-refractivity contribution in [2.45, 2.75) is 28.7 Å². The molecule has 1 aromatic rings. The zero-order valence-electron chi connectivity index (χ0n) is 11.7. The van der Waals surface area contributed by atoms with Crippen molar-refractivity contribution in [3.05, 3.63) is 24.3 Å². The van der Waals surface area contributed by atoms with Crippen LogP contribution in [0.25, 0.3) is 0 Å². The molecule has 7 heteroatoms. The molecule has 1 aromatic carbocycles. The molecule has 2 rings (SSSR count). The lowest BCUT2D eigenvalue weighted by molar-refractivity contribution is 0.296.